The van der Waals surface area contributed by atoms with Crippen LogP contribution in [0.25, 0.3) is 22.3 Å². The fraction of sp³-hybridized carbons (Fsp3) is 0.174. The van der Waals surface area contributed by atoms with Gasteiger partial charge in [-0.2, -0.15) is 18.9 Å². The summed E-state index contributed by atoms with van der Waals surface area (Å²) < 4.78 is 53.0. The summed E-state index contributed by atoms with van der Waals surface area (Å²) in [6.07, 6.45) is 7.62. The Morgan fingerprint density at radius 3 is 1.73 bits per heavy atom. The zero-order chi connectivity index (χ0) is 56.0. The zero-order valence-corrected chi connectivity index (χ0v) is 45.2. The number of hydrogen-bond acceptors (Lipinski definition) is 10. The summed E-state index contributed by atoms with van der Waals surface area (Å²) in [5.74, 6) is 4.41. The van der Waals surface area contributed by atoms with Gasteiger partial charge in [0.1, 0.15) is 46.4 Å². The molecule has 8 aromatic carbocycles. The van der Waals surface area contributed by atoms with E-state index in [0.717, 1.165) is 29.0 Å². The SMILES string of the molecule is Cc1ccc(-c2ccc(-c3cccc(Oc4ccc(C5(c6ccc(Oc7cccc(C)c7C#N)cc6)C6CC7CC(C6)CC5C7)cc4)c3C#N)c(C(=O)c3ccc(Oc4ccccn4)cc3)c2)c(C(=O)c2cccc(S(=O)(=O)O)c2)c1. The summed E-state index contributed by atoms with van der Waals surface area (Å²) in [7, 11) is -4.60. The van der Waals surface area contributed by atoms with E-state index in [2.05, 4.69) is 41.4 Å². The highest BCUT2D eigenvalue weighted by molar-refractivity contribution is 7.85. The van der Waals surface area contributed by atoms with Crippen molar-refractivity contribution in [3.8, 4) is 69.0 Å². The van der Waals surface area contributed by atoms with Crippen LogP contribution in [-0.2, 0) is 15.5 Å². The van der Waals surface area contributed by atoms with Crippen LogP contribution in [0.15, 0.2) is 199 Å². The van der Waals surface area contributed by atoms with Crippen molar-refractivity contribution < 1.29 is 36.8 Å². The maximum atomic E-state index is 15.1. The van der Waals surface area contributed by atoms with E-state index in [1.807, 2.05) is 68.4 Å². The van der Waals surface area contributed by atoms with Gasteiger partial charge in [-0.25, -0.2) is 4.98 Å². The van der Waals surface area contributed by atoms with Crippen LogP contribution >= 0.6 is 0 Å². The lowest BCUT2D eigenvalue weighted by Crippen LogP contribution is -2.56. The molecule has 11 nitrogen and oxygen atoms in total. The summed E-state index contributed by atoms with van der Waals surface area (Å²) in [6.45, 7) is 3.74. The van der Waals surface area contributed by atoms with Crippen LogP contribution < -0.4 is 14.2 Å². The molecule has 0 saturated heterocycles. The van der Waals surface area contributed by atoms with Crippen LogP contribution in [0.3, 0.4) is 0 Å². The van der Waals surface area contributed by atoms with Gasteiger partial charge in [0.05, 0.1) is 10.5 Å². The Bertz CT molecular complexity index is 4120. The van der Waals surface area contributed by atoms with Crippen molar-refractivity contribution in [1.82, 2.24) is 4.98 Å². The Balaban J connectivity index is 0.897. The molecule has 0 aliphatic heterocycles. The van der Waals surface area contributed by atoms with E-state index in [9.17, 15) is 28.3 Å². The lowest BCUT2D eigenvalue weighted by Gasteiger charge is -2.62. The number of carbonyl (C=O) groups excluding carboxylic acids is 2. The molecular formula is C69H53N3O8S. The smallest absolute Gasteiger partial charge is 0.294 e. The van der Waals surface area contributed by atoms with Crippen molar-refractivity contribution in [2.75, 3.05) is 0 Å². The summed E-state index contributed by atoms with van der Waals surface area (Å²) in [5, 5.41) is 20.9. The van der Waals surface area contributed by atoms with E-state index in [1.54, 1.807) is 91.1 Å². The van der Waals surface area contributed by atoms with Crippen LogP contribution in [0.2, 0.25) is 0 Å². The Hall–Kier alpha value is -9.46. The molecule has 0 atom stereocenters. The highest BCUT2D eigenvalue weighted by atomic mass is 32.2. The number of rotatable bonds is 15. The highest BCUT2D eigenvalue weighted by Gasteiger charge is 2.58. The van der Waals surface area contributed by atoms with E-state index < -0.39 is 20.8 Å². The van der Waals surface area contributed by atoms with Gasteiger partial charge in [-0.05, 0) is 194 Å². The van der Waals surface area contributed by atoms with E-state index in [-0.39, 0.29) is 33.5 Å². The van der Waals surface area contributed by atoms with Gasteiger partial charge in [0.15, 0.2) is 11.6 Å². The molecule has 398 valence electrons. The van der Waals surface area contributed by atoms with Gasteiger partial charge in [0, 0.05) is 45.5 Å². The van der Waals surface area contributed by atoms with Crippen LogP contribution in [0.1, 0.15) is 97.3 Å². The average molecular weight is 1080 g/mol. The summed E-state index contributed by atoms with van der Waals surface area (Å²) in [4.78, 5) is 33.2. The van der Waals surface area contributed by atoms with Crippen molar-refractivity contribution >= 4 is 21.7 Å². The van der Waals surface area contributed by atoms with Gasteiger partial charge in [-0.3, -0.25) is 14.1 Å². The molecule has 1 heterocycles. The maximum absolute atomic E-state index is 15.1. The van der Waals surface area contributed by atoms with E-state index in [4.69, 9.17) is 14.2 Å². The molecule has 12 heteroatoms. The maximum Gasteiger partial charge on any atom is 0.294 e. The Kier molecular flexibility index (Phi) is 13.7. The van der Waals surface area contributed by atoms with Crippen molar-refractivity contribution in [1.29, 1.82) is 10.5 Å². The molecule has 4 aliphatic rings. The number of ether oxygens (including phenoxy) is 3. The first-order valence-corrected chi connectivity index (χ1v) is 28.4. The third-order valence-electron chi connectivity index (χ3n) is 16.7. The summed E-state index contributed by atoms with van der Waals surface area (Å²) in [6, 6.07) is 60.2. The molecule has 81 heavy (non-hydrogen) atoms. The number of hydrogen-bond donors (Lipinski definition) is 1. The van der Waals surface area contributed by atoms with E-state index in [0.29, 0.717) is 79.8 Å². The Morgan fingerprint density at radius 2 is 1.11 bits per heavy atom. The van der Waals surface area contributed by atoms with E-state index in [1.165, 1.54) is 61.4 Å². The molecule has 1 aromatic heterocycles. The van der Waals surface area contributed by atoms with Gasteiger partial charge in [-0.15, -0.1) is 0 Å². The second-order valence-electron chi connectivity index (χ2n) is 21.5. The zero-order valence-electron chi connectivity index (χ0n) is 44.4. The first kappa shape index (κ1) is 52.3. The molecule has 0 spiro atoms. The number of aryl methyl sites for hydroxylation is 2. The minimum Gasteiger partial charge on any atom is -0.456 e. The third kappa shape index (κ3) is 9.95. The standard InChI is InChI=1S/C69H53N3O8S/c1-42-15-29-57(60(32-42)68(74)48-9-6-10-56(38-48)81(75,76)77)47-18-30-59(61(39-47)67(73)46-16-23-55(24-17-46)80-66-14-3-4-31-72-66)58-11-7-13-65(63(58)41-71)79-54-27-21-50(22-28-54)69(51-34-44-33-45(36-51)37-52(69)35-44)49-19-25-53(26-20-49)78-64-12-5-8-43(2)62(64)40-70/h3-32,38-39,44-45,51-52H,33-37H2,1-2H3,(H,75,76,77). The van der Waals surface area contributed by atoms with Crippen molar-refractivity contribution in [2.45, 2.75) is 56.3 Å². The second kappa shape index (κ2) is 21.3. The van der Waals surface area contributed by atoms with Crippen molar-refractivity contribution in [3.05, 3.63) is 250 Å². The number of nitriles is 2. The average Bonchev–Trinajstić information content (AvgIpc) is 3.40. The lowest BCUT2D eigenvalue weighted by atomic mass is 9.42. The van der Waals surface area contributed by atoms with Gasteiger partial charge in [0.2, 0.25) is 5.88 Å². The molecule has 0 unspecified atom stereocenters. The molecular weight excluding hydrogens is 1030 g/mol. The molecule has 4 saturated carbocycles. The number of benzene rings is 8. The normalized spacial score (nSPS) is 18.8. The predicted octanol–water partition coefficient (Wildman–Crippen LogP) is 15.6. The lowest BCUT2D eigenvalue weighted by molar-refractivity contribution is -0.0418. The van der Waals surface area contributed by atoms with Crippen molar-refractivity contribution in [2.24, 2.45) is 23.7 Å². The molecule has 13 rings (SSSR count). The largest absolute Gasteiger partial charge is 0.456 e. The quantitative estimate of drug-likeness (QED) is 0.0763. The summed E-state index contributed by atoms with van der Waals surface area (Å²) >= 11 is 0. The first-order valence-electron chi connectivity index (χ1n) is 27.0. The molecule has 0 radical (unpaired) electrons. The molecule has 0 amide bonds. The Labute approximate surface area is 470 Å². The molecule has 4 aliphatic carbocycles. The van der Waals surface area contributed by atoms with Crippen LogP contribution in [0.5, 0.6) is 34.6 Å². The third-order valence-corrected chi connectivity index (χ3v) is 17.5. The van der Waals surface area contributed by atoms with Crippen LogP contribution in [-0.4, -0.2) is 29.5 Å². The number of nitrogens with zero attached hydrogens (tertiary/aromatic N) is 3. The van der Waals surface area contributed by atoms with Gasteiger partial charge < -0.3 is 14.2 Å². The number of pyridine rings is 1. The predicted molar refractivity (Wildman–Crippen MR) is 307 cm³/mol. The van der Waals surface area contributed by atoms with Gasteiger partial charge >= 0.3 is 0 Å². The second-order valence-corrected chi connectivity index (χ2v) is 23.0. The topological polar surface area (TPSA) is 177 Å². The summed E-state index contributed by atoms with van der Waals surface area (Å²) in [5.41, 5.74) is 7.32. The van der Waals surface area contributed by atoms with Crippen LogP contribution in [0, 0.1) is 60.2 Å². The fourth-order valence-electron chi connectivity index (χ4n) is 13.3. The van der Waals surface area contributed by atoms with Gasteiger partial charge in [-0.1, -0.05) is 96.6 Å². The minimum absolute atomic E-state index is 0.0441. The fourth-order valence-corrected chi connectivity index (χ4v) is 13.8. The van der Waals surface area contributed by atoms with Crippen LogP contribution in [0.4, 0.5) is 0 Å². The van der Waals surface area contributed by atoms with E-state index >= 15 is 4.79 Å². The number of ketones is 2. The first-order chi connectivity index (χ1) is 39.3. The molecule has 4 fully saturated rings. The monoisotopic (exact) mass is 1080 g/mol. The molecule has 9 aromatic rings. The number of carbonyl (C=O) groups is 2. The minimum atomic E-state index is -4.60. The van der Waals surface area contributed by atoms with Gasteiger partial charge in [0.25, 0.3) is 10.1 Å². The Morgan fingerprint density at radius 1 is 0.543 bits per heavy atom. The number of aromatic nitrogens is 1. The molecule has 4 bridgehead atoms. The van der Waals surface area contributed by atoms with Crippen molar-refractivity contribution in [3.63, 3.8) is 0 Å². The highest BCUT2D eigenvalue weighted by Crippen LogP contribution is 2.65. The molecule has 1 N–H and O–H groups in total.